The Morgan fingerprint density at radius 1 is 1.33 bits per heavy atom. The van der Waals surface area contributed by atoms with Crippen molar-refractivity contribution in [2.24, 2.45) is 0 Å². The predicted molar refractivity (Wildman–Crippen MR) is 67.5 cm³/mol. The fraction of sp³-hybridized carbons (Fsp3) is 0.500. The molecule has 0 atom stereocenters. The van der Waals surface area contributed by atoms with Crippen molar-refractivity contribution in [3.05, 3.63) is 24.3 Å². The minimum atomic E-state index is -1.77. The first-order valence-corrected chi connectivity index (χ1v) is 8.09. The maximum absolute atomic E-state index is 6.09. The van der Waals surface area contributed by atoms with Crippen LogP contribution in [0.2, 0.25) is 18.1 Å². The molecule has 0 aliphatic carbocycles. The van der Waals surface area contributed by atoms with Crippen molar-refractivity contribution in [1.29, 1.82) is 0 Å². The summed E-state index contributed by atoms with van der Waals surface area (Å²) in [6.07, 6.45) is 0. The van der Waals surface area contributed by atoms with Gasteiger partial charge in [-0.2, -0.15) is 0 Å². The standard InChI is InChI=1S/C12H20NOSi/c1-12(2,3)15(4,5)14-11-9-7-6-8-10(11)13/h7-9H,13H2,1-5H3. The van der Waals surface area contributed by atoms with Crippen LogP contribution < -0.4 is 10.2 Å². The van der Waals surface area contributed by atoms with E-state index in [9.17, 15) is 0 Å². The van der Waals surface area contributed by atoms with Crippen LogP contribution in [-0.4, -0.2) is 8.32 Å². The van der Waals surface area contributed by atoms with Gasteiger partial charge >= 0.3 is 0 Å². The third kappa shape index (κ3) is 2.75. The number of hydrogen-bond donors (Lipinski definition) is 1. The number of anilines is 1. The summed E-state index contributed by atoms with van der Waals surface area (Å²) in [6, 6.07) is 8.41. The summed E-state index contributed by atoms with van der Waals surface area (Å²) in [5.41, 5.74) is 6.51. The largest absolute Gasteiger partial charge is 0.542 e. The van der Waals surface area contributed by atoms with Crippen LogP contribution in [0.5, 0.6) is 5.75 Å². The van der Waals surface area contributed by atoms with Crippen LogP contribution in [0.15, 0.2) is 18.2 Å². The average molecular weight is 222 g/mol. The molecule has 0 saturated carbocycles. The number of hydrogen-bond acceptors (Lipinski definition) is 2. The molecule has 0 fully saturated rings. The second-order valence-electron chi connectivity index (χ2n) is 5.33. The Bertz CT molecular complexity index is 342. The molecule has 1 aromatic carbocycles. The maximum atomic E-state index is 6.09. The molecule has 15 heavy (non-hydrogen) atoms. The molecule has 1 aromatic rings. The molecular formula is C12H20NOSi. The topological polar surface area (TPSA) is 35.2 Å². The lowest BCUT2D eigenvalue weighted by molar-refractivity contribution is 0.494. The van der Waals surface area contributed by atoms with Crippen LogP contribution in [0.1, 0.15) is 20.8 Å². The Hall–Kier alpha value is -0.963. The van der Waals surface area contributed by atoms with E-state index in [4.69, 9.17) is 10.2 Å². The van der Waals surface area contributed by atoms with E-state index >= 15 is 0 Å². The highest BCUT2D eigenvalue weighted by Gasteiger charge is 2.39. The molecule has 0 aliphatic heterocycles. The maximum Gasteiger partial charge on any atom is 0.250 e. The van der Waals surface area contributed by atoms with Gasteiger partial charge in [0.05, 0.1) is 5.69 Å². The number of rotatable bonds is 2. The smallest absolute Gasteiger partial charge is 0.250 e. The second-order valence-corrected chi connectivity index (χ2v) is 10.1. The minimum absolute atomic E-state index is 0.193. The van der Waals surface area contributed by atoms with Gasteiger partial charge < -0.3 is 10.2 Å². The molecule has 0 saturated heterocycles. The van der Waals surface area contributed by atoms with Crippen LogP contribution in [0, 0.1) is 6.07 Å². The average Bonchev–Trinajstić information content (AvgIpc) is 2.06. The lowest BCUT2D eigenvalue weighted by Crippen LogP contribution is -2.44. The van der Waals surface area contributed by atoms with Crippen molar-refractivity contribution in [2.75, 3.05) is 5.73 Å². The first-order chi connectivity index (χ1) is 6.74. The molecule has 0 spiro atoms. The molecule has 2 nitrogen and oxygen atoms in total. The van der Waals surface area contributed by atoms with E-state index in [-0.39, 0.29) is 5.04 Å². The molecule has 0 amide bonds. The van der Waals surface area contributed by atoms with Crippen LogP contribution in [0.3, 0.4) is 0 Å². The zero-order chi connectivity index (χ0) is 11.7. The molecule has 2 N–H and O–H groups in total. The molecular weight excluding hydrogens is 202 g/mol. The van der Waals surface area contributed by atoms with Gasteiger partial charge in [-0.1, -0.05) is 26.8 Å². The summed E-state index contributed by atoms with van der Waals surface area (Å²) >= 11 is 0. The molecule has 1 radical (unpaired) electrons. The van der Waals surface area contributed by atoms with Gasteiger partial charge in [0.1, 0.15) is 5.75 Å². The van der Waals surface area contributed by atoms with Gasteiger partial charge in [-0.3, -0.25) is 0 Å². The van der Waals surface area contributed by atoms with E-state index < -0.39 is 8.32 Å². The zero-order valence-corrected chi connectivity index (χ0v) is 11.2. The summed E-state index contributed by atoms with van der Waals surface area (Å²) < 4.78 is 6.09. The zero-order valence-electron chi connectivity index (χ0n) is 10.2. The normalized spacial score (nSPS) is 12.6. The Balaban J connectivity index is 2.92. The van der Waals surface area contributed by atoms with Crippen LogP contribution in [0.4, 0.5) is 5.69 Å². The van der Waals surface area contributed by atoms with E-state index in [1.807, 2.05) is 12.1 Å². The fourth-order valence-corrected chi connectivity index (χ4v) is 1.99. The molecule has 0 aromatic heterocycles. The molecule has 3 heteroatoms. The highest BCUT2D eigenvalue weighted by Crippen LogP contribution is 2.38. The van der Waals surface area contributed by atoms with Crippen molar-refractivity contribution < 1.29 is 4.43 Å². The van der Waals surface area contributed by atoms with Gasteiger partial charge in [0, 0.05) is 0 Å². The van der Waals surface area contributed by atoms with Crippen LogP contribution in [0.25, 0.3) is 0 Å². The third-order valence-electron chi connectivity index (χ3n) is 3.03. The molecule has 0 aliphatic rings. The lowest BCUT2D eigenvalue weighted by atomic mass is 10.2. The van der Waals surface area contributed by atoms with Gasteiger partial charge in [0.2, 0.25) is 0 Å². The highest BCUT2D eigenvalue weighted by atomic mass is 28.4. The summed E-state index contributed by atoms with van der Waals surface area (Å²) in [5.74, 6) is 0.792. The Kier molecular flexibility index (Phi) is 3.14. The molecule has 0 heterocycles. The molecule has 0 unspecified atom stereocenters. The Morgan fingerprint density at radius 3 is 2.40 bits per heavy atom. The SMILES string of the molecule is CC(C)(C)[Si](C)(C)Oc1cc[c]cc1N. The first kappa shape index (κ1) is 12.1. The Morgan fingerprint density at radius 2 is 1.93 bits per heavy atom. The van der Waals surface area contributed by atoms with Crippen molar-refractivity contribution in [2.45, 2.75) is 38.9 Å². The van der Waals surface area contributed by atoms with Crippen molar-refractivity contribution in [3.8, 4) is 5.75 Å². The monoisotopic (exact) mass is 222 g/mol. The van der Waals surface area contributed by atoms with Gasteiger partial charge in [-0.05, 0) is 36.3 Å². The van der Waals surface area contributed by atoms with E-state index in [2.05, 4.69) is 39.9 Å². The highest BCUT2D eigenvalue weighted by molar-refractivity contribution is 6.74. The van der Waals surface area contributed by atoms with E-state index in [0.717, 1.165) is 5.75 Å². The summed E-state index contributed by atoms with van der Waals surface area (Å²) in [6.45, 7) is 11.1. The molecule has 1 rings (SSSR count). The number of nitrogen functional groups attached to an aromatic ring is 1. The predicted octanol–water partition coefficient (Wildman–Crippen LogP) is 3.45. The van der Waals surface area contributed by atoms with Crippen molar-refractivity contribution in [3.63, 3.8) is 0 Å². The van der Waals surface area contributed by atoms with Gasteiger partial charge in [-0.25, -0.2) is 0 Å². The summed E-state index contributed by atoms with van der Waals surface area (Å²) in [4.78, 5) is 0. The Labute approximate surface area is 93.6 Å². The molecule has 83 valence electrons. The fourth-order valence-electron chi connectivity index (χ4n) is 0.950. The van der Waals surface area contributed by atoms with E-state index in [1.54, 1.807) is 6.07 Å². The first-order valence-electron chi connectivity index (χ1n) is 5.18. The summed E-state index contributed by atoms with van der Waals surface area (Å²) in [7, 11) is -1.77. The minimum Gasteiger partial charge on any atom is -0.542 e. The van der Waals surface area contributed by atoms with Gasteiger partial charge in [0.25, 0.3) is 8.32 Å². The summed E-state index contributed by atoms with van der Waals surface area (Å²) in [5, 5.41) is 0.193. The number of benzene rings is 1. The number of nitrogens with two attached hydrogens (primary N) is 1. The van der Waals surface area contributed by atoms with Gasteiger partial charge in [0.15, 0.2) is 0 Å². The van der Waals surface area contributed by atoms with E-state index in [1.165, 1.54) is 0 Å². The van der Waals surface area contributed by atoms with E-state index in [0.29, 0.717) is 5.69 Å². The van der Waals surface area contributed by atoms with Crippen molar-refractivity contribution in [1.82, 2.24) is 0 Å². The lowest BCUT2D eigenvalue weighted by Gasteiger charge is -2.36. The van der Waals surface area contributed by atoms with Crippen LogP contribution >= 0.6 is 0 Å². The molecule has 0 bridgehead atoms. The third-order valence-corrected chi connectivity index (χ3v) is 7.37. The quantitative estimate of drug-likeness (QED) is 0.614. The van der Waals surface area contributed by atoms with Gasteiger partial charge in [-0.15, -0.1) is 0 Å². The second kappa shape index (κ2) is 3.89. The van der Waals surface area contributed by atoms with Crippen LogP contribution in [-0.2, 0) is 0 Å². The van der Waals surface area contributed by atoms with Crippen molar-refractivity contribution >= 4 is 14.0 Å².